The van der Waals surface area contributed by atoms with Gasteiger partial charge in [-0.25, -0.2) is 4.98 Å². The second-order valence-electron chi connectivity index (χ2n) is 6.02. The summed E-state index contributed by atoms with van der Waals surface area (Å²) in [6.07, 6.45) is 1.70. The van der Waals surface area contributed by atoms with E-state index in [9.17, 15) is 15.3 Å². The first-order chi connectivity index (χ1) is 14.0. The van der Waals surface area contributed by atoms with E-state index < -0.39 is 0 Å². The Bertz CT molecular complexity index is 1130. The summed E-state index contributed by atoms with van der Waals surface area (Å²) in [6, 6.07) is 16.7. The van der Waals surface area contributed by atoms with Gasteiger partial charge in [-0.05, 0) is 29.8 Å². The highest BCUT2D eigenvalue weighted by Gasteiger charge is 2.20. The zero-order valence-electron chi connectivity index (χ0n) is 15.5. The van der Waals surface area contributed by atoms with Crippen molar-refractivity contribution < 1.29 is 4.79 Å². The van der Waals surface area contributed by atoms with Gasteiger partial charge >= 0.3 is 0 Å². The number of nitrogens with zero attached hydrogens (tertiary/aromatic N) is 4. The summed E-state index contributed by atoms with van der Waals surface area (Å²) < 4.78 is 0. The molecule has 0 atom stereocenters. The second-order valence-corrected chi connectivity index (χ2v) is 6.98. The molecule has 2 aromatic heterocycles. The molecule has 1 aromatic carbocycles. The summed E-state index contributed by atoms with van der Waals surface area (Å²) in [4.78, 5) is 19.8. The number of aromatic nitrogens is 2. The lowest BCUT2D eigenvalue weighted by Gasteiger charge is -2.13. The van der Waals surface area contributed by atoms with Gasteiger partial charge in [0.25, 0.3) is 0 Å². The van der Waals surface area contributed by atoms with Gasteiger partial charge < -0.3 is 11.1 Å². The number of hydrogen-bond acceptors (Lipinski definition) is 7. The predicted octanol–water partition coefficient (Wildman–Crippen LogP) is 3.72. The summed E-state index contributed by atoms with van der Waals surface area (Å²) >= 11 is 1.34. The fourth-order valence-corrected chi connectivity index (χ4v) is 3.65. The molecule has 8 heteroatoms. The Morgan fingerprint density at radius 3 is 2.45 bits per heavy atom. The van der Waals surface area contributed by atoms with Crippen molar-refractivity contribution in [3.05, 3.63) is 65.5 Å². The molecule has 0 bridgehead atoms. The molecular weight excluding hydrogens is 384 g/mol. The van der Waals surface area contributed by atoms with Gasteiger partial charge in [0.2, 0.25) is 5.91 Å². The molecule has 3 aromatic rings. The maximum atomic E-state index is 11.2. The van der Waals surface area contributed by atoms with Crippen LogP contribution in [0.1, 0.15) is 23.7 Å². The fourth-order valence-electron chi connectivity index (χ4n) is 2.74. The summed E-state index contributed by atoms with van der Waals surface area (Å²) in [6.45, 7) is 1.42. The minimum atomic E-state index is -0.186. The van der Waals surface area contributed by atoms with Crippen LogP contribution >= 0.6 is 11.8 Å². The van der Waals surface area contributed by atoms with E-state index in [0.717, 1.165) is 5.69 Å². The number of hydrogen-bond donors (Lipinski definition) is 2. The highest BCUT2D eigenvalue weighted by atomic mass is 32.2. The van der Waals surface area contributed by atoms with Crippen molar-refractivity contribution in [2.24, 2.45) is 0 Å². The number of anilines is 2. The first-order valence-corrected chi connectivity index (χ1v) is 9.56. The van der Waals surface area contributed by atoms with Crippen molar-refractivity contribution in [2.75, 3.05) is 11.1 Å². The Morgan fingerprint density at radius 1 is 1.14 bits per heavy atom. The number of nitrogens with one attached hydrogen (secondary N) is 1. The molecule has 142 valence electrons. The van der Waals surface area contributed by atoms with Gasteiger partial charge in [0.1, 0.15) is 28.5 Å². The Balaban J connectivity index is 2.05. The third-order valence-corrected chi connectivity index (χ3v) is 5.00. The normalized spacial score (nSPS) is 10.0. The zero-order chi connectivity index (χ0) is 20.8. The maximum absolute atomic E-state index is 11.2. The summed E-state index contributed by atoms with van der Waals surface area (Å²) in [7, 11) is 0. The van der Waals surface area contributed by atoms with Crippen LogP contribution in [0.4, 0.5) is 11.5 Å². The number of pyridine rings is 2. The molecule has 29 heavy (non-hydrogen) atoms. The number of carbonyl (C=O) groups excluding carboxylic acids is 1. The molecule has 0 saturated heterocycles. The van der Waals surface area contributed by atoms with Crippen LogP contribution < -0.4 is 11.1 Å². The zero-order valence-corrected chi connectivity index (χ0v) is 16.3. The number of thioether (sulfide) groups is 1. The van der Waals surface area contributed by atoms with E-state index in [1.54, 1.807) is 30.5 Å². The van der Waals surface area contributed by atoms with Gasteiger partial charge in [0.15, 0.2) is 0 Å². The topological polar surface area (TPSA) is 128 Å². The first-order valence-electron chi connectivity index (χ1n) is 8.58. The Labute approximate surface area is 172 Å². The average molecular weight is 400 g/mol. The maximum Gasteiger partial charge on any atom is 0.221 e. The van der Waals surface area contributed by atoms with Crippen molar-refractivity contribution >= 4 is 29.2 Å². The Morgan fingerprint density at radius 2 is 1.86 bits per heavy atom. The van der Waals surface area contributed by atoms with E-state index in [1.165, 1.54) is 18.7 Å². The number of rotatable bonds is 5. The molecule has 0 spiro atoms. The number of nitrogen functional groups attached to an aromatic ring is 1. The van der Waals surface area contributed by atoms with E-state index in [1.807, 2.05) is 18.2 Å². The van der Waals surface area contributed by atoms with Crippen molar-refractivity contribution in [2.45, 2.75) is 17.7 Å². The largest absolute Gasteiger partial charge is 0.383 e. The highest BCUT2D eigenvalue weighted by Crippen LogP contribution is 2.36. The van der Waals surface area contributed by atoms with Gasteiger partial charge in [-0.1, -0.05) is 30.0 Å². The molecule has 7 nitrogen and oxygen atoms in total. The first kappa shape index (κ1) is 19.9. The van der Waals surface area contributed by atoms with Gasteiger partial charge in [0, 0.05) is 30.1 Å². The van der Waals surface area contributed by atoms with Crippen molar-refractivity contribution in [1.82, 2.24) is 9.97 Å². The van der Waals surface area contributed by atoms with E-state index in [2.05, 4.69) is 27.4 Å². The molecule has 0 saturated carbocycles. The van der Waals surface area contributed by atoms with Crippen LogP contribution in [0.15, 0.2) is 53.7 Å². The SMILES string of the molecule is CC(=O)Nc1ccc(-c2c(C#N)c(N)nc(SCc3ccccn3)c2C#N)cc1. The highest BCUT2D eigenvalue weighted by molar-refractivity contribution is 7.98. The molecular formula is C21H16N6OS. The molecule has 2 heterocycles. The summed E-state index contributed by atoms with van der Waals surface area (Å²) in [5, 5.41) is 22.5. The molecule has 1 amide bonds. The Hall–Kier alpha value is -3.88. The van der Waals surface area contributed by atoms with Gasteiger partial charge in [-0.3, -0.25) is 9.78 Å². The number of nitriles is 2. The van der Waals surface area contributed by atoms with Gasteiger partial charge in [0.05, 0.1) is 11.3 Å². The number of benzene rings is 1. The molecule has 3 N–H and O–H groups in total. The van der Waals surface area contributed by atoms with Crippen LogP contribution in [0.2, 0.25) is 0 Å². The molecule has 0 fully saturated rings. The molecule has 0 unspecified atom stereocenters. The quantitative estimate of drug-likeness (QED) is 0.624. The summed E-state index contributed by atoms with van der Waals surface area (Å²) in [5.74, 6) is 0.389. The number of carbonyl (C=O) groups is 1. The molecule has 3 rings (SSSR count). The fraction of sp³-hybridized carbons (Fsp3) is 0.0952. The minimum absolute atomic E-state index is 0.0657. The average Bonchev–Trinajstić information content (AvgIpc) is 2.72. The number of amides is 1. The van der Waals surface area contributed by atoms with Crippen molar-refractivity contribution in [3.63, 3.8) is 0 Å². The van der Waals surface area contributed by atoms with E-state index in [4.69, 9.17) is 5.73 Å². The number of nitrogens with two attached hydrogens (primary N) is 1. The van der Waals surface area contributed by atoms with Crippen LogP contribution in [0, 0.1) is 22.7 Å². The van der Waals surface area contributed by atoms with E-state index in [-0.39, 0.29) is 22.9 Å². The third-order valence-electron chi connectivity index (χ3n) is 3.99. The van der Waals surface area contributed by atoms with Crippen molar-refractivity contribution in [1.29, 1.82) is 10.5 Å². The van der Waals surface area contributed by atoms with Crippen molar-refractivity contribution in [3.8, 4) is 23.3 Å². The molecule has 0 aliphatic rings. The lowest BCUT2D eigenvalue weighted by molar-refractivity contribution is -0.114. The smallest absolute Gasteiger partial charge is 0.221 e. The van der Waals surface area contributed by atoms with Crippen LogP contribution in [-0.2, 0) is 10.5 Å². The van der Waals surface area contributed by atoms with Gasteiger partial charge in [-0.2, -0.15) is 10.5 Å². The van der Waals surface area contributed by atoms with Crippen LogP contribution in [0.5, 0.6) is 0 Å². The molecule has 0 radical (unpaired) electrons. The lowest BCUT2D eigenvalue weighted by Crippen LogP contribution is -2.06. The molecule has 0 aliphatic carbocycles. The molecule has 0 aliphatic heterocycles. The Kier molecular flexibility index (Phi) is 6.08. The monoisotopic (exact) mass is 400 g/mol. The standard InChI is InChI=1S/C21H16N6OS/c1-13(28)26-15-7-5-14(6-8-15)19-17(10-22)20(24)27-21(18(19)11-23)29-12-16-4-2-3-9-25-16/h2-9H,12H2,1H3,(H2,24,27)(H,26,28). The van der Waals surface area contributed by atoms with Crippen LogP contribution in [0.3, 0.4) is 0 Å². The van der Waals surface area contributed by atoms with E-state index in [0.29, 0.717) is 27.6 Å². The van der Waals surface area contributed by atoms with E-state index >= 15 is 0 Å². The van der Waals surface area contributed by atoms with Crippen LogP contribution in [0.25, 0.3) is 11.1 Å². The lowest BCUT2D eigenvalue weighted by atomic mass is 9.96. The second kappa shape index (κ2) is 8.87. The summed E-state index contributed by atoms with van der Waals surface area (Å²) in [5.41, 5.74) is 8.99. The van der Waals surface area contributed by atoms with Gasteiger partial charge in [-0.15, -0.1) is 0 Å². The minimum Gasteiger partial charge on any atom is -0.383 e. The third kappa shape index (κ3) is 4.52. The van der Waals surface area contributed by atoms with Crippen LogP contribution in [-0.4, -0.2) is 15.9 Å². The predicted molar refractivity (Wildman–Crippen MR) is 112 cm³/mol.